The van der Waals surface area contributed by atoms with Crippen LogP contribution >= 0.6 is 0 Å². The summed E-state index contributed by atoms with van der Waals surface area (Å²) in [5.41, 5.74) is 4.49. The van der Waals surface area contributed by atoms with Crippen molar-refractivity contribution in [3.63, 3.8) is 0 Å². The van der Waals surface area contributed by atoms with Gasteiger partial charge >= 0.3 is 0 Å². The average molecular weight is 1710 g/mol. The zero-order chi connectivity index (χ0) is 90.4. The monoisotopic (exact) mass is 1710 g/mol. The van der Waals surface area contributed by atoms with E-state index in [2.05, 4.69) is 0 Å². The minimum Gasteiger partial charge on any atom is -0.275 e. The van der Waals surface area contributed by atoms with E-state index in [-0.39, 0.29) is 108 Å². The van der Waals surface area contributed by atoms with Gasteiger partial charge in [0, 0.05) is 185 Å². The maximum Gasteiger partial charge on any atom is 0.258 e. The van der Waals surface area contributed by atoms with Gasteiger partial charge in [0.05, 0.1) is 34.1 Å². The standard InChI is InChI=1S/C21H14N2O4.C16H20N2O4.2C14H8N2O4.C14H16N2O4.C11H10N2O4/c24-18-9-10-19(25)22(18)16-5-1-14(2-6-16)13-15-3-7-17(8-4-15)23-20(26)11-12-21(23)27;19-13-7-8-14(20)17(13)11-5-3-1-2-4-6-12-18-15(21)9-10-16(18)22;17-11-5-6-12(18)15(11)9-1-2-10(4-3-9)16-13(19)7-8-14(16)20;17-11-4-5-12(18)15(11)9-2-1-3-10(8-9)16-13(19)6-7-14(16)20;17-11-5-6-12(18)15(11)9-3-1-2-4-10-16-13(19)7-8-14(16)20;14-8-2-3-9(15)12(8)6-1-7-13-10(16)4-5-11(13)17/h1-12H,13H2;7-10H,1-6,11-12H2;2*1-8H;5-8H,1-4,9-10H2;2-5H,1,6-7H2. The van der Waals surface area contributed by atoms with Crippen LogP contribution in [0.15, 0.2) is 243 Å². The van der Waals surface area contributed by atoms with E-state index in [1.807, 2.05) is 24.3 Å². The zero-order valence-corrected chi connectivity index (χ0v) is 67.0. The van der Waals surface area contributed by atoms with Gasteiger partial charge in [-0.2, -0.15) is 0 Å². The fourth-order valence-corrected chi connectivity index (χ4v) is 13.6. The molecule has 0 saturated carbocycles. The number of unbranched alkanes of at least 4 members (excludes halogenated alkanes) is 8. The predicted octanol–water partition coefficient (Wildman–Crippen LogP) is 4.03. The Bertz CT molecular complexity index is 5140. The summed E-state index contributed by atoms with van der Waals surface area (Å²) in [7, 11) is 0. The van der Waals surface area contributed by atoms with Gasteiger partial charge in [-0.3, -0.25) is 144 Å². The molecular weight excluding hydrogens is 1630 g/mol. The molecule has 12 aliphatic heterocycles. The lowest BCUT2D eigenvalue weighted by Crippen LogP contribution is -2.36. The lowest BCUT2D eigenvalue weighted by molar-refractivity contribution is -0.139. The number of hydrogen-bond acceptors (Lipinski definition) is 24. The minimum absolute atomic E-state index is 0.210. The van der Waals surface area contributed by atoms with Crippen LogP contribution in [-0.4, -0.2) is 210 Å². The Morgan fingerprint density at radius 1 is 0.143 bits per heavy atom. The Morgan fingerprint density at radius 3 is 0.468 bits per heavy atom. The average Bonchev–Trinajstić information content (AvgIpc) is 1.64. The van der Waals surface area contributed by atoms with Crippen LogP contribution in [0.25, 0.3) is 0 Å². The number of imide groups is 12. The Labute approximate surface area is 716 Å². The van der Waals surface area contributed by atoms with Gasteiger partial charge in [-0.15, -0.1) is 0 Å². The Balaban J connectivity index is 0.000000148. The molecule has 0 bridgehead atoms. The first-order valence-corrected chi connectivity index (χ1v) is 39.4. The van der Waals surface area contributed by atoms with E-state index in [4.69, 9.17) is 0 Å². The summed E-state index contributed by atoms with van der Waals surface area (Å²) in [6.07, 6.45) is 39.4. The number of carbonyl (C=O) groups is 24. The van der Waals surface area contributed by atoms with Gasteiger partial charge < -0.3 is 0 Å². The fourth-order valence-electron chi connectivity index (χ4n) is 13.6. The van der Waals surface area contributed by atoms with E-state index in [0.717, 1.165) is 115 Å². The molecule has 0 fully saturated rings. The highest BCUT2D eigenvalue weighted by Crippen LogP contribution is 2.30. The molecule has 0 unspecified atom stereocenters. The summed E-state index contributed by atoms with van der Waals surface area (Å²) in [5, 5.41) is 0. The van der Waals surface area contributed by atoms with Crippen molar-refractivity contribution in [1.82, 2.24) is 29.4 Å². The molecule has 24 amide bonds. The molecule has 640 valence electrons. The van der Waals surface area contributed by atoms with Gasteiger partial charge in [-0.05, 0) is 116 Å². The van der Waals surface area contributed by atoms with Crippen molar-refractivity contribution in [2.75, 3.05) is 68.7 Å². The highest BCUT2D eigenvalue weighted by Gasteiger charge is 2.34. The second-order valence-electron chi connectivity index (χ2n) is 28.5. The third-order valence-corrected chi connectivity index (χ3v) is 20.1. The van der Waals surface area contributed by atoms with Crippen LogP contribution in [0.1, 0.15) is 81.8 Å². The van der Waals surface area contributed by atoms with Crippen LogP contribution in [0.5, 0.6) is 0 Å². The number of amides is 24. The van der Waals surface area contributed by atoms with Gasteiger partial charge in [0.15, 0.2) is 0 Å². The topological polar surface area (TPSA) is 449 Å². The van der Waals surface area contributed by atoms with E-state index in [9.17, 15) is 115 Å². The molecule has 0 aliphatic carbocycles. The lowest BCUT2D eigenvalue weighted by Gasteiger charge is -2.18. The zero-order valence-electron chi connectivity index (χ0n) is 67.0. The van der Waals surface area contributed by atoms with Crippen LogP contribution in [0.2, 0.25) is 0 Å². The third-order valence-electron chi connectivity index (χ3n) is 20.1. The molecule has 36 heteroatoms. The van der Waals surface area contributed by atoms with Crippen LogP contribution in [0.4, 0.5) is 34.1 Å². The molecule has 12 aliphatic rings. The van der Waals surface area contributed by atoms with Crippen LogP contribution in [0, 0.1) is 0 Å². The van der Waals surface area contributed by atoms with Gasteiger partial charge in [0.25, 0.3) is 142 Å². The number of nitrogens with zero attached hydrogens (tertiary/aromatic N) is 12. The first-order valence-electron chi connectivity index (χ1n) is 39.4. The van der Waals surface area contributed by atoms with Crippen molar-refractivity contribution in [3.8, 4) is 0 Å². The number of hydrogen-bond donors (Lipinski definition) is 0. The molecule has 16 rings (SSSR count). The Hall–Kier alpha value is -16.6. The molecule has 0 radical (unpaired) electrons. The fraction of sp³-hybridized carbons (Fsp3) is 0.200. The quantitative estimate of drug-likeness (QED) is 0.0572. The summed E-state index contributed by atoms with van der Waals surface area (Å²) in [6.45, 7) is 2.23. The Kier molecular flexibility index (Phi) is 29.8. The highest BCUT2D eigenvalue weighted by molar-refractivity contribution is 6.33. The lowest BCUT2D eigenvalue weighted by atomic mass is 10.0. The number of benzene rings is 4. The van der Waals surface area contributed by atoms with Crippen LogP contribution in [-0.2, 0) is 121 Å². The SMILES string of the molecule is O=C1C=CC(=O)N1CCCCCCCCN1C(=O)C=CC1=O.O=C1C=CC(=O)N1CCCCCCN1C(=O)C=CC1=O.O=C1C=CC(=O)N1CCCN1C(=O)C=CC1=O.O=C1C=CC(=O)N1c1ccc(Cc2ccc(N3C(=O)C=CC3=O)cc2)cc1.O=C1C=CC(=O)N1c1ccc(N2C(=O)C=CC2=O)cc1.O=C1C=CC(=O)N1c1cccc(N2C(=O)C=CC2=O)c1. The van der Waals surface area contributed by atoms with Crippen molar-refractivity contribution in [2.24, 2.45) is 0 Å². The van der Waals surface area contributed by atoms with E-state index < -0.39 is 47.3 Å². The molecule has 126 heavy (non-hydrogen) atoms. The van der Waals surface area contributed by atoms with E-state index in [0.29, 0.717) is 73.1 Å². The summed E-state index contributed by atoms with van der Waals surface area (Å²) in [4.78, 5) is 288. The molecular formula is C90H76N12O24. The minimum atomic E-state index is -0.454. The first kappa shape index (κ1) is 90.2. The van der Waals surface area contributed by atoms with E-state index in [1.54, 1.807) is 42.5 Å². The maximum absolute atomic E-state index is 11.7. The summed E-state index contributed by atoms with van der Waals surface area (Å²) >= 11 is 0. The van der Waals surface area contributed by atoms with Crippen molar-refractivity contribution in [2.45, 2.75) is 77.0 Å². The molecule has 0 atom stereocenters. The second-order valence-corrected chi connectivity index (χ2v) is 28.5. The summed E-state index contributed by atoms with van der Waals surface area (Å²) in [5.74, 6) is -8.20. The third kappa shape index (κ3) is 22.3. The number of carbonyl (C=O) groups excluding carboxylic acids is 24. The van der Waals surface area contributed by atoms with Crippen molar-refractivity contribution < 1.29 is 115 Å². The molecule has 4 aromatic carbocycles. The molecule has 0 aromatic heterocycles. The number of anilines is 6. The number of rotatable bonds is 28. The van der Waals surface area contributed by atoms with Crippen LogP contribution < -0.4 is 29.4 Å². The first-order chi connectivity index (χ1) is 60.5. The van der Waals surface area contributed by atoms with Crippen molar-refractivity contribution >= 4 is 176 Å². The molecule has 0 saturated heterocycles. The molecule has 0 N–H and O–H groups in total. The Morgan fingerprint density at radius 2 is 0.286 bits per heavy atom. The van der Waals surface area contributed by atoms with Crippen molar-refractivity contribution in [1.29, 1.82) is 0 Å². The largest absolute Gasteiger partial charge is 0.275 e. The highest BCUT2D eigenvalue weighted by atomic mass is 16.2. The van der Waals surface area contributed by atoms with Gasteiger partial charge in [-0.25, -0.2) is 29.4 Å². The smallest absolute Gasteiger partial charge is 0.258 e. The molecule has 0 spiro atoms. The molecule has 36 nitrogen and oxygen atoms in total. The molecule has 4 aromatic rings. The van der Waals surface area contributed by atoms with E-state index >= 15 is 0 Å². The van der Waals surface area contributed by atoms with Gasteiger partial charge in [0.1, 0.15) is 0 Å². The van der Waals surface area contributed by atoms with Crippen molar-refractivity contribution in [3.05, 3.63) is 254 Å². The van der Waals surface area contributed by atoms with Gasteiger partial charge in [-0.1, -0.05) is 68.9 Å². The predicted molar refractivity (Wildman–Crippen MR) is 444 cm³/mol. The molecule has 12 heterocycles. The van der Waals surface area contributed by atoms with Crippen LogP contribution in [0.3, 0.4) is 0 Å². The van der Waals surface area contributed by atoms with E-state index in [1.165, 1.54) is 196 Å². The summed E-state index contributed by atoms with van der Waals surface area (Å²) < 4.78 is 0. The summed E-state index contributed by atoms with van der Waals surface area (Å²) in [6, 6.07) is 26.6. The van der Waals surface area contributed by atoms with Gasteiger partial charge in [0.2, 0.25) is 0 Å². The maximum atomic E-state index is 11.7. The normalized spacial score (nSPS) is 17.6. The second kappa shape index (κ2) is 41.6.